The first-order valence-corrected chi connectivity index (χ1v) is 26.9. The molecule has 6 aromatic carbocycles. The van der Waals surface area contributed by atoms with E-state index in [1.54, 1.807) is 0 Å². The van der Waals surface area contributed by atoms with Crippen LogP contribution in [0.15, 0.2) is 109 Å². The zero-order valence-corrected chi connectivity index (χ0v) is 34.5. The number of rotatable bonds is 2. The molecule has 0 heterocycles. The van der Waals surface area contributed by atoms with Gasteiger partial charge < -0.3 is 0 Å². The van der Waals surface area contributed by atoms with Crippen LogP contribution in [-0.2, 0) is 29.4 Å². The van der Waals surface area contributed by atoms with Gasteiger partial charge in [0.15, 0.2) is 0 Å². The molecule has 0 atom stereocenters. The van der Waals surface area contributed by atoms with Gasteiger partial charge in [-0.2, -0.15) is 18.2 Å². The molecule has 0 amide bonds. The fourth-order valence-electron chi connectivity index (χ4n) is 5.89. The Morgan fingerprint density at radius 3 is 1.24 bits per heavy atom. The maximum absolute atomic E-state index is 6.27. The normalized spacial score (nSPS) is 11.5. The van der Waals surface area contributed by atoms with E-state index in [0.717, 1.165) is 14.4 Å². The van der Waals surface area contributed by atoms with Crippen molar-refractivity contribution in [1.82, 2.24) is 0 Å². The second-order valence-electron chi connectivity index (χ2n) is 13.8. The Hall–Kier alpha value is -2.00. The Kier molecular flexibility index (Phi) is 12.4. The standard InChI is InChI=1S/C23H29.C13H8Cl2.C5H5.2ClH.Hf/c1-14-9-16-11-17-10-15(2)21(23(6,7)8)13-19(17)18(16)12-20(14)22(3,4)5;14-12-5-1-10(2-6-12)9-11-3-7-13(15)8-4-11;1-2-4-5-3-1;;;/h9-13H,1-8H3;1-8H;1-5H;2*1H;/q-1;;-1;;;+2/p-2. The summed E-state index contributed by atoms with van der Waals surface area (Å²) in [6, 6.07) is 37.1. The van der Waals surface area contributed by atoms with Gasteiger partial charge in [-0.3, -0.25) is 0 Å². The van der Waals surface area contributed by atoms with Gasteiger partial charge in [0.1, 0.15) is 0 Å². The molecule has 0 bridgehead atoms. The number of aryl methyl sites for hydroxylation is 2. The van der Waals surface area contributed by atoms with Gasteiger partial charge in [-0.1, -0.05) is 75.9 Å². The van der Waals surface area contributed by atoms with Crippen LogP contribution in [0.3, 0.4) is 0 Å². The number of hydrogen-bond donors (Lipinski definition) is 0. The van der Waals surface area contributed by atoms with Gasteiger partial charge in [-0.25, -0.2) is 12.1 Å². The molecule has 6 rings (SSSR count). The van der Waals surface area contributed by atoms with Gasteiger partial charge in [0.25, 0.3) is 0 Å². The van der Waals surface area contributed by atoms with Gasteiger partial charge in [0.05, 0.1) is 0 Å². The summed E-state index contributed by atoms with van der Waals surface area (Å²) in [4.78, 5) is 0. The number of benzene rings is 4. The van der Waals surface area contributed by atoms with Crippen molar-refractivity contribution in [3.8, 4) is 0 Å². The molecule has 0 radical (unpaired) electrons. The van der Waals surface area contributed by atoms with Gasteiger partial charge >= 0.3 is 132 Å². The molecule has 46 heavy (non-hydrogen) atoms. The molecular weight excluding hydrogens is 813 g/mol. The van der Waals surface area contributed by atoms with Crippen LogP contribution >= 0.6 is 40.4 Å². The number of hydrogen-bond acceptors (Lipinski definition) is 0. The van der Waals surface area contributed by atoms with Gasteiger partial charge in [0, 0.05) is 0 Å². The van der Waals surface area contributed by atoms with E-state index in [2.05, 4.69) is 85.7 Å². The molecule has 5 heteroatoms. The van der Waals surface area contributed by atoms with Gasteiger partial charge in [-0.05, 0) is 24.7 Å². The second-order valence-corrected chi connectivity index (χ2v) is 26.1. The third-order valence-corrected chi connectivity index (χ3v) is 15.1. The van der Waals surface area contributed by atoms with Crippen LogP contribution in [0.1, 0.15) is 74.9 Å². The Labute approximate surface area is 300 Å². The zero-order valence-electron chi connectivity index (χ0n) is 27.9. The molecule has 240 valence electrons. The van der Waals surface area contributed by atoms with E-state index in [1.807, 2.05) is 78.9 Å². The predicted octanol–water partition coefficient (Wildman–Crippen LogP) is 13.8. The summed E-state index contributed by atoms with van der Waals surface area (Å²) < 4.78 is 1.05. The van der Waals surface area contributed by atoms with Crippen LogP contribution in [0, 0.1) is 13.8 Å². The Morgan fingerprint density at radius 1 is 0.587 bits per heavy atom. The minimum Gasteiger partial charge on any atom is -0.214 e. The third-order valence-electron chi connectivity index (χ3n) is 8.02. The first-order valence-electron chi connectivity index (χ1n) is 15.5. The van der Waals surface area contributed by atoms with Crippen LogP contribution in [0.2, 0.25) is 10.0 Å². The summed E-state index contributed by atoms with van der Waals surface area (Å²) in [5.74, 6) is 0. The van der Waals surface area contributed by atoms with Crippen molar-refractivity contribution in [3.05, 3.63) is 153 Å². The summed E-state index contributed by atoms with van der Waals surface area (Å²) in [6.07, 6.45) is 0. The van der Waals surface area contributed by atoms with Gasteiger partial charge in [0.2, 0.25) is 0 Å². The molecule has 0 fully saturated rings. The molecule has 0 N–H and O–H groups in total. The van der Waals surface area contributed by atoms with Crippen molar-refractivity contribution in [2.75, 3.05) is 0 Å². The molecule has 0 saturated heterocycles. The third kappa shape index (κ3) is 9.33. The first-order chi connectivity index (χ1) is 21.6. The number of halogens is 4. The van der Waals surface area contributed by atoms with Crippen LogP contribution < -0.4 is 0 Å². The summed E-state index contributed by atoms with van der Waals surface area (Å²) in [5, 5.41) is 6.95. The van der Waals surface area contributed by atoms with Crippen molar-refractivity contribution in [2.45, 2.75) is 66.2 Å². The summed E-state index contributed by atoms with van der Waals surface area (Å²) >= 11 is 9.05. The van der Waals surface area contributed by atoms with Crippen LogP contribution in [0.5, 0.6) is 0 Å². The van der Waals surface area contributed by atoms with Crippen molar-refractivity contribution >= 4 is 65.2 Å². The zero-order chi connectivity index (χ0) is 33.8. The Balaban J connectivity index is 0.000000185. The van der Waals surface area contributed by atoms with Crippen molar-refractivity contribution in [1.29, 1.82) is 0 Å². The maximum Gasteiger partial charge on any atom is -0.172 e. The number of fused-ring (bicyclic) bond motifs is 3. The van der Waals surface area contributed by atoms with Gasteiger partial charge in [-0.15, -0.1) is 39.7 Å². The largest absolute Gasteiger partial charge is 0.214 e. The van der Waals surface area contributed by atoms with Crippen molar-refractivity contribution < 1.29 is 18.6 Å². The molecule has 6 aromatic rings. The summed E-state index contributed by atoms with van der Waals surface area (Å²) in [6.45, 7) is 18.3. The van der Waals surface area contributed by atoms with Crippen molar-refractivity contribution in [2.24, 2.45) is 0 Å². The minimum absolute atomic E-state index is 0.180. The SMILES string of the molecule is Cc1cc2[cH-]c3cc(C)c(C(C)(C)C)cc3c2cc1C(C)(C)C.Clc1ccc([C](c2ccc(Cl)cc2)=[Hf]([Cl])[Cl])cc1.c1cc[cH-]c1. The topological polar surface area (TPSA) is 0 Å². The molecule has 0 spiro atoms. The second kappa shape index (κ2) is 15.5. The fourth-order valence-corrected chi connectivity index (χ4v) is 12.5. The van der Waals surface area contributed by atoms with E-state index >= 15 is 0 Å². The molecule has 0 unspecified atom stereocenters. The van der Waals surface area contributed by atoms with Crippen LogP contribution in [0.4, 0.5) is 0 Å². The Morgan fingerprint density at radius 2 is 0.957 bits per heavy atom. The van der Waals surface area contributed by atoms with E-state index in [4.69, 9.17) is 40.4 Å². The molecule has 0 aliphatic rings. The van der Waals surface area contributed by atoms with E-state index in [9.17, 15) is 0 Å². The first kappa shape index (κ1) is 36.8. The quantitative estimate of drug-likeness (QED) is 0.120. The maximum atomic E-state index is 6.27. The Bertz CT molecular complexity index is 1790. The van der Waals surface area contributed by atoms with E-state index in [0.29, 0.717) is 10.0 Å². The molecule has 0 saturated carbocycles. The van der Waals surface area contributed by atoms with Crippen LogP contribution in [0.25, 0.3) is 21.5 Å². The van der Waals surface area contributed by atoms with E-state index in [1.165, 1.54) is 43.8 Å². The fraction of sp³-hybridized carbons (Fsp3) is 0.244. The molecule has 0 aliphatic carbocycles. The molecule has 0 aliphatic heterocycles. The van der Waals surface area contributed by atoms with E-state index in [-0.39, 0.29) is 10.8 Å². The van der Waals surface area contributed by atoms with Crippen LogP contribution in [-0.4, -0.2) is 3.26 Å². The smallest absolute Gasteiger partial charge is 0.172 e. The minimum atomic E-state index is -2.73. The summed E-state index contributed by atoms with van der Waals surface area (Å²) in [5.41, 5.74) is 8.13. The molecule has 0 aromatic heterocycles. The molecular formula is C41H42Cl4Hf-2. The van der Waals surface area contributed by atoms with E-state index < -0.39 is 18.6 Å². The molecule has 0 nitrogen and oxygen atoms in total. The predicted molar refractivity (Wildman–Crippen MR) is 204 cm³/mol. The van der Waals surface area contributed by atoms with Crippen molar-refractivity contribution in [3.63, 3.8) is 0 Å². The average molecular weight is 855 g/mol. The average Bonchev–Trinajstić information content (AvgIpc) is 3.65. The monoisotopic (exact) mass is 854 g/mol. The summed E-state index contributed by atoms with van der Waals surface area (Å²) in [7, 11) is 12.5.